The second kappa shape index (κ2) is 9.62. The molecule has 0 atom stereocenters. The number of hydrogen-bond donors (Lipinski definition) is 1. The molecule has 1 aliphatic heterocycles. The van der Waals surface area contributed by atoms with Gasteiger partial charge in [-0.1, -0.05) is 78.1 Å². The van der Waals surface area contributed by atoms with Gasteiger partial charge in [-0.15, -0.1) is 0 Å². The van der Waals surface area contributed by atoms with Crippen molar-refractivity contribution >= 4 is 7.12 Å². The highest BCUT2D eigenvalue weighted by Gasteiger charge is 2.33. The van der Waals surface area contributed by atoms with Gasteiger partial charge in [0, 0.05) is 0 Å². The third-order valence-electron chi connectivity index (χ3n) is 4.69. The van der Waals surface area contributed by atoms with E-state index >= 15 is 0 Å². The van der Waals surface area contributed by atoms with Crippen LogP contribution in [-0.4, -0.2) is 18.7 Å². The van der Waals surface area contributed by atoms with Crippen LogP contribution < -0.4 is 0 Å². The Hall–Kier alpha value is -0.275. The summed E-state index contributed by atoms with van der Waals surface area (Å²) in [5.74, 6) is 1.94. The third-order valence-corrected chi connectivity index (χ3v) is 4.69. The second-order valence-corrected chi connectivity index (χ2v) is 6.58. The molecule has 0 aromatic carbocycles. The highest BCUT2D eigenvalue weighted by atomic mass is 16.5. The lowest BCUT2D eigenvalue weighted by molar-refractivity contribution is 0.252. The smallest absolute Gasteiger partial charge is 0.423 e. The Balaban J connectivity index is 2.50. The van der Waals surface area contributed by atoms with Crippen molar-refractivity contribution in [2.75, 3.05) is 6.61 Å². The van der Waals surface area contributed by atoms with Crippen molar-refractivity contribution in [2.45, 2.75) is 85.0 Å². The van der Waals surface area contributed by atoms with Crippen LogP contribution in [0.25, 0.3) is 0 Å². The van der Waals surface area contributed by atoms with Crippen LogP contribution in [0.15, 0.2) is 11.5 Å². The summed E-state index contributed by atoms with van der Waals surface area (Å²) in [6.07, 6.45) is 13.0. The fourth-order valence-electron chi connectivity index (χ4n) is 3.15. The van der Waals surface area contributed by atoms with E-state index in [1.165, 1.54) is 69.8 Å². The molecular weight excluding hydrogens is 247 g/mol. The van der Waals surface area contributed by atoms with Crippen LogP contribution >= 0.6 is 0 Å². The van der Waals surface area contributed by atoms with Gasteiger partial charge in [0.15, 0.2) is 0 Å². The maximum absolute atomic E-state index is 9.58. The Morgan fingerprint density at radius 2 is 1.60 bits per heavy atom. The zero-order chi connectivity index (χ0) is 14.8. The monoisotopic (exact) mass is 280 g/mol. The van der Waals surface area contributed by atoms with Crippen molar-refractivity contribution in [3.63, 3.8) is 0 Å². The van der Waals surface area contributed by atoms with Crippen LogP contribution in [0.2, 0.25) is 0 Å². The van der Waals surface area contributed by atoms with Crippen molar-refractivity contribution in [3.05, 3.63) is 11.5 Å². The fraction of sp³-hybridized carbons (Fsp3) is 0.882. The summed E-state index contributed by atoms with van der Waals surface area (Å²) in [6, 6.07) is 0. The highest BCUT2D eigenvalue weighted by Crippen LogP contribution is 2.40. The summed E-state index contributed by atoms with van der Waals surface area (Å²) in [4.78, 5) is 0. The lowest BCUT2D eigenvalue weighted by atomic mass is 9.72. The Kier molecular flexibility index (Phi) is 8.55. The Morgan fingerprint density at radius 3 is 2.00 bits per heavy atom. The summed E-state index contributed by atoms with van der Waals surface area (Å²) < 4.78 is 5.33. The minimum absolute atomic E-state index is 0.235. The highest BCUT2D eigenvalue weighted by molar-refractivity contribution is 6.50. The van der Waals surface area contributed by atoms with Crippen LogP contribution in [0.4, 0.5) is 0 Å². The molecule has 1 heterocycles. The van der Waals surface area contributed by atoms with Crippen molar-refractivity contribution in [1.29, 1.82) is 0 Å². The molecule has 0 aliphatic carbocycles. The van der Waals surface area contributed by atoms with Gasteiger partial charge in [0.2, 0.25) is 0 Å². The van der Waals surface area contributed by atoms with E-state index in [1.807, 2.05) is 5.98 Å². The molecule has 20 heavy (non-hydrogen) atoms. The normalized spacial score (nSPS) is 15.8. The van der Waals surface area contributed by atoms with Gasteiger partial charge in [-0.2, -0.15) is 0 Å². The molecule has 2 nitrogen and oxygen atoms in total. The molecule has 3 heteroatoms. The van der Waals surface area contributed by atoms with Crippen molar-refractivity contribution in [3.8, 4) is 0 Å². The molecule has 0 fully saturated rings. The van der Waals surface area contributed by atoms with Crippen LogP contribution in [0.1, 0.15) is 85.0 Å². The second-order valence-electron chi connectivity index (χ2n) is 6.58. The van der Waals surface area contributed by atoms with E-state index in [0.717, 1.165) is 0 Å². The molecule has 1 rings (SSSR count). The zero-order valence-corrected chi connectivity index (χ0v) is 13.8. The Morgan fingerprint density at radius 1 is 1.05 bits per heavy atom. The largest absolute Gasteiger partial charge is 0.483 e. The first-order valence-electron chi connectivity index (χ1n) is 8.63. The first-order chi connectivity index (χ1) is 9.62. The molecule has 0 aromatic heterocycles. The molecule has 116 valence electrons. The summed E-state index contributed by atoms with van der Waals surface area (Å²) in [5, 5.41) is 9.58. The van der Waals surface area contributed by atoms with E-state index in [9.17, 15) is 5.02 Å². The molecule has 0 radical (unpaired) electrons. The number of hydrogen-bond acceptors (Lipinski definition) is 2. The van der Waals surface area contributed by atoms with Crippen molar-refractivity contribution in [1.82, 2.24) is 0 Å². The van der Waals surface area contributed by atoms with E-state index in [4.69, 9.17) is 4.65 Å². The summed E-state index contributed by atoms with van der Waals surface area (Å²) in [5.41, 5.74) is 1.57. The van der Waals surface area contributed by atoms with E-state index < -0.39 is 7.12 Å². The Labute approximate surface area is 126 Å². The van der Waals surface area contributed by atoms with Gasteiger partial charge in [-0.05, 0) is 23.8 Å². The third kappa shape index (κ3) is 6.01. The SMILES string of the molecule is CCCCCCC(C)(CCCCCC)C1=CB(O)OC1. The summed E-state index contributed by atoms with van der Waals surface area (Å²) >= 11 is 0. The van der Waals surface area contributed by atoms with Crippen molar-refractivity contribution < 1.29 is 9.68 Å². The van der Waals surface area contributed by atoms with Crippen LogP contribution in [-0.2, 0) is 4.65 Å². The zero-order valence-electron chi connectivity index (χ0n) is 13.8. The molecule has 0 saturated carbocycles. The molecule has 0 spiro atoms. The minimum atomic E-state index is -0.671. The van der Waals surface area contributed by atoms with E-state index in [0.29, 0.717) is 6.61 Å². The Bertz CT molecular complexity index is 277. The summed E-state index contributed by atoms with van der Waals surface area (Å²) in [7, 11) is -0.671. The predicted octanol–water partition coefficient (Wildman–Crippen LogP) is 4.91. The number of rotatable bonds is 11. The molecule has 0 aromatic rings. The van der Waals surface area contributed by atoms with Crippen molar-refractivity contribution in [2.24, 2.45) is 5.41 Å². The van der Waals surface area contributed by atoms with Crippen LogP contribution in [0.5, 0.6) is 0 Å². The van der Waals surface area contributed by atoms with Gasteiger partial charge in [0.05, 0.1) is 6.61 Å². The van der Waals surface area contributed by atoms with Gasteiger partial charge in [-0.3, -0.25) is 0 Å². The maximum Gasteiger partial charge on any atom is 0.483 e. The molecule has 1 aliphatic rings. The van der Waals surface area contributed by atoms with E-state index in [2.05, 4.69) is 20.8 Å². The van der Waals surface area contributed by atoms with Gasteiger partial charge in [-0.25, -0.2) is 0 Å². The van der Waals surface area contributed by atoms with Crippen LogP contribution in [0.3, 0.4) is 0 Å². The topological polar surface area (TPSA) is 29.5 Å². The maximum atomic E-state index is 9.58. The standard InChI is InChI=1S/C17H33BO2/c1-4-6-8-10-12-17(3,13-11-9-7-5-2)16-14-18(19)20-15-16/h14,19H,4-13,15H2,1-3H3. The predicted molar refractivity (Wildman–Crippen MR) is 87.6 cm³/mol. The number of unbranched alkanes of at least 4 members (excludes halogenated alkanes) is 6. The first-order valence-corrected chi connectivity index (χ1v) is 8.63. The molecule has 0 bridgehead atoms. The molecule has 0 saturated heterocycles. The average molecular weight is 280 g/mol. The van der Waals surface area contributed by atoms with E-state index in [-0.39, 0.29) is 5.41 Å². The summed E-state index contributed by atoms with van der Waals surface area (Å²) in [6.45, 7) is 7.51. The molecule has 1 N–H and O–H groups in total. The van der Waals surface area contributed by atoms with Gasteiger partial charge in [0.25, 0.3) is 0 Å². The quantitative estimate of drug-likeness (QED) is 0.430. The van der Waals surface area contributed by atoms with Gasteiger partial charge >= 0.3 is 7.12 Å². The first kappa shape index (κ1) is 17.8. The molecule has 0 unspecified atom stereocenters. The lowest BCUT2D eigenvalue weighted by Gasteiger charge is -2.31. The molecule has 0 amide bonds. The fourth-order valence-corrected chi connectivity index (χ4v) is 3.15. The van der Waals surface area contributed by atoms with E-state index in [1.54, 1.807) is 0 Å². The van der Waals surface area contributed by atoms with Gasteiger partial charge in [0.1, 0.15) is 0 Å². The minimum Gasteiger partial charge on any atom is -0.423 e. The molecular formula is C17H33BO2. The van der Waals surface area contributed by atoms with Gasteiger partial charge < -0.3 is 9.68 Å². The average Bonchev–Trinajstić information content (AvgIpc) is 2.87. The van der Waals surface area contributed by atoms with Crippen LogP contribution in [0, 0.1) is 5.41 Å². The lowest BCUT2D eigenvalue weighted by Crippen LogP contribution is -2.21.